The highest BCUT2D eigenvalue weighted by Crippen LogP contribution is 2.39. The number of thiophene rings is 1. The van der Waals surface area contributed by atoms with E-state index >= 15 is 0 Å². The van der Waals surface area contributed by atoms with Crippen LogP contribution in [0, 0.1) is 0 Å². The van der Waals surface area contributed by atoms with Crippen LogP contribution in [0.15, 0.2) is 6.07 Å². The Kier molecular flexibility index (Phi) is 4.90. The average Bonchev–Trinajstić information content (AvgIpc) is 3.09. The third-order valence-corrected chi connectivity index (χ3v) is 5.55. The van der Waals surface area contributed by atoms with Gasteiger partial charge in [-0.1, -0.05) is 11.6 Å². The number of aryl methyl sites for hydroxylation is 1. The number of halogens is 1. The summed E-state index contributed by atoms with van der Waals surface area (Å²) in [5, 5.41) is 3.58. The maximum atomic E-state index is 12.3. The van der Waals surface area contributed by atoms with E-state index in [9.17, 15) is 4.79 Å². The molecule has 128 valence electrons. The van der Waals surface area contributed by atoms with Crippen molar-refractivity contribution in [3.8, 4) is 0 Å². The first kappa shape index (κ1) is 17.1. The molecule has 3 rings (SSSR count). The average molecular weight is 357 g/mol. The summed E-state index contributed by atoms with van der Waals surface area (Å²) in [4.78, 5) is 15.6. The Balaban J connectivity index is 1.51. The van der Waals surface area contributed by atoms with Gasteiger partial charge in [0.15, 0.2) is 0 Å². The number of fused-ring (bicyclic) bond motifs is 1. The molecule has 2 aliphatic carbocycles. The van der Waals surface area contributed by atoms with Crippen molar-refractivity contribution in [2.45, 2.75) is 64.1 Å². The van der Waals surface area contributed by atoms with Crippen molar-refractivity contribution < 1.29 is 9.53 Å². The van der Waals surface area contributed by atoms with Gasteiger partial charge in [0.25, 0.3) is 0 Å². The number of rotatable bonds is 5. The Morgan fingerprint density at radius 3 is 2.83 bits per heavy atom. The van der Waals surface area contributed by atoms with E-state index in [1.54, 1.807) is 11.3 Å². The normalized spacial score (nSPS) is 20.4. The largest absolute Gasteiger partial charge is 0.444 e. The van der Waals surface area contributed by atoms with Crippen molar-refractivity contribution in [2.24, 2.45) is 0 Å². The number of ether oxygens (including phenoxy) is 1. The van der Waals surface area contributed by atoms with E-state index in [1.165, 1.54) is 10.4 Å². The molecular formula is C17H25ClN2O2S. The molecule has 23 heavy (non-hydrogen) atoms. The van der Waals surface area contributed by atoms with E-state index in [0.29, 0.717) is 18.6 Å². The second-order valence-electron chi connectivity index (χ2n) is 7.38. The van der Waals surface area contributed by atoms with Gasteiger partial charge < -0.3 is 15.0 Å². The number of carbonyl (C=O) groups excluding carboxylic acids is 1. The van der Waals surface area contributed by atoms with E-state index < -0.39 is 5.60 Å². The minimum Gasteiger partial charge on any atom is -0.444 e. The molecular weight excluding hydrogens is 332 g/mol. The molecule has 1 unspecified atom stereocenters. The van der Waals surface area contributed by atoms with Gasteiger partial charge in [0.2, 0.25) is 0 Å². The topological polar surface area (TPSA) is 41.6 Å². The second-order valence-corrected chi connectivity index (χ2v) is 9.15. The molecule has 1 heterocycles. The molecule has 0 saturated heterocycles. The molecule has 0 spiro atoms. The Morgan fingerprint density at radius 2 is 2.17 bits per heavy atom. The highest BCUT2D eigenvalue weighted by molar-refractivity contribution is 7.16. The molecule has 1 amide bonds. The van der Waals surface area contributed by atoms with Gasteiger partial charge in [0.1, 0.15) is 5.60 Å². The van der Waals surface area contributed by atoms with Crippen LogP contribution in [-0.2, 0) is 11.2 Å². The van der Waals surface area contributed by atoms with Crippen LogP contribution in [-0.4, -0.2) is 35.7 Å². The second kappa shape index (κ2) is 6.61. The van der Waals surface area contributed by atoms with Crippen LogP contribution in [0.1, 0.15) is 56.5 Å². The van der Waals surface area contributed by atoms with Gasteiger partial charge >= 0.3 is 6.09 Å². The predicted octanol–water partition coefficient (Wildman–Crippen LogP) is 4.38. The van der Waals surface area contributed by atoms with Crippen LogP contribution in [0.25, 0.3) is 0 Å². The molecule has 1 atom stereocenters. The number of hydrogen-bond acceptors (Lipinski definition) is 4. The van der Waals surface area contributed by atoms with Crippen molar-refractivity contribution in [1.82, 2.24) is 10.2 Å². The third-order valence-electron chi connectivity index (χ3n) is 4.21. The fourth-order valence-electron chi connectivity index (χ4n) is 3.03. The smallest absolute Gasteiger partial charge is 0.410 e. The third kappa shape index (κ3) is 4.40. The Bertz CT molecular complexity index is 578. The minimum absolute atomic E-state index is 0.188. The summed E-state index contributed by atoms with van der Waals surface area (Å²) >= 11 is 7.79. The quantitative estimate of drug-likeness (QED) is 0.851. The summed E-state index contributed by atoms with van der Waals surface area (Å²) in [6.07, 6.45) is 4.21. The number of hydrogen-bond donors (Lipinski definition) is 1. The molecule has 0 aliphatic heterocycles. The van der Waals surface area contributed by atoms with Gasteiger partial charge in [-0.2, -0.15) is 0 Å². The van der Waals surface area contributed by atoms with Crippen LogP contribution < -0.4 is 5.32 Å². The van der Waals surface area contributed by atoms with Crippen LogP contribution >= 0.6 is 22.9 Å². The van der Waals surface area contributed by atoms with Crippen molar-refractivity contribution in [3.05, 3.63) is 20.8 Å². The molecule has 4 nitrogen and oxygen atoms in total. The summed E-state index contributed by atoms with van der Waals surface area (Å²) in [5.41, 5.74) is 0.904. The zero-order valence-corrected chi connectivity index (χ0v) is 15.6. The zero-order valence-electron chi connectivity index (χ0n) is 14.0. The Labute approximate surface area is 147 Å². The molecule has 1 fully saturated rings. The maximum absolute atomic E-state index is 12.3. The molecule has 1 aromatic rings. The van der Waals surface area contributed by atoms with Crippen molar-refractivity contribution in [1.29, 1.82) is 0 Å². The van der Waals surface area contributed by atoms with E-state index in [1.807, 2.05) is 25.7 Å². The van der Waals surface area contributed by atoms with Gasteiger partial charge in [0.05, 0.1) is 4.34 Å². The summed E-state index contributed by atoms with van der Waals surface area (Å²) in [7, 11) is 0. The summed E-state index contributed by atoms with van der Waals surface area (Å²) in [5.74, 6) is 0. The van der Waals surface area contributed by atoms with E-state index in [4.69, 9.17) is 16.3 Å². The molecule has 1 saturated carbocycles. The van der Waals surface area contributed by atoms with Crippen molar-refractivity contribution in [2.75, 3.05) is 13.1 Å². The van der Waals surface area contributed by atoms with Gasteiger partial charge in [0, 0.05) is 30.1 Å². The summed E-state index contributed by atoms with van der Waals surface area (Å²) < 4.78 is 6.40. The number of nitrogens with zero attached hydrogens (tertiary/aromatic N) is 1. The van der Waals surface area contributed by atoms with Gasteiger partial charge in [-0.05, 0) is 58.1 Å². The highest BCUT2D eigenvalue weighted by atomic mass is 35.5. The van der Waals surface area contributed by atoms with Gasteiger partial charge in [-0.15, -0.1) is 11.3 Å². The number of amides is 1. The van der Waals surface area contributed by atoms with Crippen LogP contribution in [0.2, 0.25) is 4.34 Å². The molecule has 0 bridgehead atoms. The first-order chi connectivity index (χ1) is 10.8. The SMILES string of the molecule is CC(C)(C)OC(=O)N(CCNC1CCc2sc(Cl)cc21)C1CC1. The van der Waals surface area contributed by atoms with E-state index in [2.05, 4.69) is 11.4 Å². The fourth-order valence-corrected chi connectivity index (χ4v) is 4.39. The first-order valence-corrected chi connectivity index (χ1v) is 9.54. The van der Waals surface area contributed by atoms with Crippen molar-refractivity contribution in [3.63, 3.8) is 0 Å². The van der Waals surface area contributed by atoms with Crippen molar-refractivity contribution >= 4 is 29.0 Å². The maximum Gasteiger partial charge on any atom is 0.410 e. The number of carbonyl (C=O) groups is 1. The fraction of sp³-hybridized carbons (Fsp3) is 0.706. The predicted molar refractivity (Wildman–Crippen MR) is 94.4 cm³/mol. The van der Waals surface area contributed by atoms with Crippen LogP contribution in [0.3, 0.4) is 0 Å². The molecule has 0 aromatic carbocycles. The molecule has 1 aromatic heterocycles. The van der Waals surface area contributed by atoms with Crippen LogP contribution in [0.4, 0.5) is 4.79 Å². The number of nitrogens with one attached hydrogen (secondary N) is 1. The summed E-state index contributed by atoms with van der Waals surface area (Å²) in [6.45, 7) is 7.22. The van der Waals surface area contributed by atoms with Crippen LogP contribution in [0.5, 0.6) is 0 Å². The van der Waals surface area contributed by atoms with Gasteiger partial charge in [-0.3, -0.25) is 0 Å². The standard InChI is InChI=1S/C17H25ClN2O2S/c1-17(2,3)22-16(21)20(11-4-5-11)9-8-19-13-6-7-14-12(13)10-15(18)23-14/h10-11,13,19H,4-9H2,1-3H3. The lowest BCUT2D eigenvalue weighted by Crippen LogP contribution is -2.42. The van der Waals surface area contributed by atoms with E-state index in [-0.39, 0.29) is 6.09 Å². The molecule has 2 aliphatic rings. The zero-order chi connectivity index (χ0) is 16.6. The lowest BCUT2D eigenvalue weighted by molar-refractivity contribution is 0.0234. The minimum atomic E-state index is -0.439. The monoisotopic (exact) mass is 356 g/mol. The Morgan fingerprint density at radius 1 is 1.43 bits per heavy atom. The molecule has 6 heteroatoms. The molecule has 1 N–H and O–H groups in total. The lowest BCUT2D eigenvalue weighted by Gasteiger charge is -2.28. The van der Waals surface area contributed by atoms with Gasteiger partial charge in [-0.25, -0.2) is 4.79 Å². The van der Waals surface area contributed by atoms with E-state index in [0.717, 1.165) is 36.6 Å². The first-order valence-electron chi connectivity index (χ1n) is 8.34. The lowest BCUT2D eigenvalue weighted by atomic mass is 10.2. The highest BCUT2D eigenvalue weighted by Gasteiger charge is 2.35. The summed E-state index contributed by atoms with van der Waals surface area (Å²) in [6, 6.07) is 2.81. The molecule has 0 radical (unpaired) electrons. The Hall–Kier alpha value is -0.780.